The van der Waals surface area contributed by atoms with E-state index in [-0.39, 0.29) is 11.4 Å². The summed E-state index contributed by atoms with van der Waals surface area (Å²) in [5.74, 6) is -0.457. The van der Waals surface area contributed by atoms with Gasteiger partial charge >= 0.3 is 0 Å². The van der Waals surface area contributed by atoms with Gasteiger partial charge in [0.05, 0.1) is 11.4 Å². The van der Waals surface area contributed by atoms with Crippen molar-refractivity contribution in [1.29, 1.82) is 0 Å². The van der Waals surface area contributed by atoms with Gasteiger partial charge < -0.3 is 0 Å². The van der Waals surface area contributed by atoms with E-state index in [0.29, 0.717) is 17.0 Å². The maximum atomic E-state index is 15.4. The number of benzene rings is 3. The molecule has 0 amide bonds. The topological polar surface area (TPSA) is 37.4 Å². The van der Waals surface area contributed by atoms with E-state index in [1.807, 2.05) is 25.1 Å². The van der Waals surface area contributed by atoms with Crippen molar-refractivity contribution in [3.05, 3.63) is 107 Å². The van der Waals surface area contributed by atoms with Crippen LogP contribution in [0.15, 0.2) is 89.7 Å². The summed E-state index contributed by atoms with van der Waals surface area (Å²) in [7, 11) is -4.07. The van der Waals surface area contributed by atoms with Crippen LogP contribution in [0.4, 0.5) is 4.39 Å². The highest BCUT2D eigenvalue weighted by atomic mass is 32.2. The minimum atomic E-state index is -4.07. The van der Waals surface area contributed by atoms with E-state index in [9.17, 15) is 8.42 Å². The van der Waals surface area contributed by atoms with E-state index in [1.165, 1.54) is 18.2 Å². The number of sulfonamides is 1. The molecule has 0 N–H and O–H groups in total. The number of halogens is 1. The smallest absolute Gasteiger partial charge is 0.237 e. The summed E-state index contributed by atoms with van der Waals surface area (Å²) in [5, 5.41) is 0. The third kappa shape index (κ3) is 5.16. The van der Waals surface area contributed by atoms with Crippen LogP contribution < -0.4 is 0 Å². The zero-order chi connectivity index (χ0) is 21.7. The third-order valence-corrected chi connectivity index (χ3v) is 6.66. The van der Waals surface area contributed by atoms with Gasteiger partial charge in [0, 0.05) is 0 Å². The summed E-state index contributed by atoms with van der Waals surface area (Å²) in [4.78, 5) is 0.0581. The van der Waals surface area contributed by atoms with Crippen molar-refractivity contribution in [3.63, 3.8) is 0 Å². The molecule has 0 aliphatic heterocycles. The van der Waals surface area contributed by atoms with Crippen molar-refractivity contribution in [2.75, 3.05) is 0 Å². The summed E-state index contributed by atoms with van der Waals surface area (Å²) in [5.41, 5.74) is 3.38. The van der Waals surface area contributed by atoms with Crippen molar-refractivity contribution < 1.29 is 12.8 Å². The second-order valence-electron chi connectivity index (χ2n) is 7.60. The number of hydrogen-bond donors (Lipinski definition) is 0. The monoisotopic (exact) mass is 423 g/mol. The molecular formula is C25H26FNO2S. The molecule has 0 fully saturated rings. The SMILES string of the molecule is Cc1ccc(S(=O)(=O)N(Cc2ccccc2)/C(F)=C\c2ccc(C(C)C)cc2)cc1. The van der Waals surface area contributed by atoms with Gasteiger partial charge in [0.15, 0.2) is 0 Å². The summed E-state index contributed by atoms with van der Waals surface area (Å²) >= 11 is 0. The Morgan fingerprint density at radius 1 is 0.933 bits per heavy atom. The Balaban J connectivity index is 2.00. The molecule has 0 aromatic heterocycles. The molecule has 5 heteroatoms. The van der Waals surface area contributed by atoms with E-state index in [0.717, 1.165) is 15.4 Å². The van der Waals surface area contributed by atoms with Gasteiger partial charge in [0.25, 0.3) is 10.0 Å². The van der Waals surface area contributed by atoms with Crippen molar-refractivity contribution in [3.8, 4) is 0 Å². The molecule has 0 atom stereocenters. The van der Waals surface area contributed by atoms with E-state index in [4.69, 9.17) is 0 Å². The quantitative estimate of drug-likeness (QED) is 0.420. The standard InChI is InChI=1S/C25H26FNO2S/c1-19(2)23-13-11-21(12-14-23)17-25(26)27(18-22-7-5-4-6-8-22)30(28,29)24-15-9-20(3)10-16-24/h4-17,19H,18H2,1-3H3/b25-17-. The second-order valence-corrected chi connectivity index (χ2v) is 9.46. The Bertz CT molecular complexity index is 1100. The maximum Gasteiger partial charge on any atom is 0.266 e. The summed E-state index contributed by atoms with van der Waals surface area (Å²) in [6.45, 7) is 5.95. The number of nitrogens with zero attached hydrogens (tertiary/aromatic N) is 1. The van der Waals surface area contributed by atoms with Crippen LogP contribution in [-0.2, 0) is 16.6 Å². The molecule has 0 heterocycles. The lowest BCUT2D eigenvalue weighted by molar-refractivity contribution is 0.384. The predicted molar refractivity (Wildman–Crippen MR) is 120 cm³/mol. The van der Waals surface area contributed by atoms with Gasteiger partial charge in [-0.05, 0) is 47.7 Å². The van der Waals surface area contributed by atoms with Crippen molar-refractivity contribution in [1.82, 2.24) is 4.31 Å². The zero-order valence-electron chi connectivity index (χ0n) is 17.4. The average molecular weight is 424 g/mol. The summed E-state index contributed by atoms with van der Waals surface area (Å²) in [6.07, 6.45) is 1.26. The molecule has 3 nitrogen and oxygen atoms in total. The van der Waals surface area contributed by atoms with E-state index in [2.05, 4.69) is 13.8 Å². The van der Waals surface area contributed by atoms with Crippen molar-refractivity contribution >= 4 is 16.1 Å². The van der Waals surface area contributed by atoms with E-state index >= 15 is 4.39 Å². The fraction of sp³-hybridized carbons (Fsp3) is 0.200. The van der Waals surface area contributed by atoms with E-state index < -0.39 is 16.0 Å². The van der Waals surface area contributed by atoms with Gasteiger partial charge in [-0.2, -0.15) is 4.39 Å². The highest BCUT2D eigenvalue weighted by Crippen LogP contribution is 2.26. The lowest BCUT2D eigenvalue weighted by Crippen LogP contribution is -2.28. The maximum absolute atomic E-state index is 15.4. The van der Waals surface area contributed by atoms with Gasteiger partial charge in [-0.15, -0.1) is 0 Å². The zero-order valence-corrected chi connectivity index (χ0v) is 18.2. The van der Waals surface area contributed by atoms with Crippen molar-refractivity contribution in [2.45, 2.75) is 38.1 Å². The van der Waals surface area contributed by atoms with E-state index in [1.54, 1.807) is 48.5 Å². The Morgan fingerprint density at radius 2 is 1.53 bits per heavy atom. The molecular weight excluding hydrogens is 397 g/mol. The normalized spacial score (nSPS) is 12.2. The molecule has 0 aliphatic rings. The summed E-state index contributed by atoms with van der Waals surface area (Å²) in [6, 6.07) is 22.9. The van der Waals surface area contributed by atoms with Crippen LogP contribution in [0.1, 0.15) is 42.0 Å². The Hall–Kier alpha value is -2.92. The molecule has 3 aromatic rings. The number of rotatable bonds is 7. The molecule has 3 rings (SSSR count). The van der Waals surface area contributed by atoms with Crippen LogP contribution in [0.5, 0.6) is 0 Å². The van der Waals surface area contributed by atoms with Gasteiger partial charge in [0.2, 0.25) is 5.95 Å². The average Bonchev–Trinajstić information content (AvgIpc) is 2.73. The minimum absolute atomic E-state index is 0.0581. The first-order valence-electron chi connectivity index (χ1n) is 9.88. The van der Waals surface area contributed by atoms with Crippen LogP contribution in [0.25, 0.3) is 6.08 Å². The first-order chi connectivity index (χ1) is 14.3. The third-order valence-electron chi connectivity index (χ3n) is 4.91. The molecule has 3 aromatic carbocycles. The van der Waals surface area contributed by atoms with Crippen LogP contribution in [0.2, 0.25) is 0 Å². The lowest BCUT2D eigenvalue weighted by atomic mass is 10.0. The number of hydrogen-bond acceptors (Lipinski definition) is 2. The molecule has 0 radical (unpaired) electrons. The Kier molecular flexibility index (Phi) is 6.73. The van der Waals surface area contributed by atoms with Gasteiger partial charge in [-0.1, -0.05) is 86.1 Å². The first kappa shape index (κ1) is 21.8. The fourth-order valence-electron chi connectivity index (χ4n) is 3.05. The first-order valence-corrected chi connectivity index (χ1v) is 11.3. The molecule has 0 unspecified atom stereocenters. The van der Waals surface area contributed by atoms with Crippen LogP contribution in [0, 0.1) is 6.92 Å². The van der Waals surface area contributed by atoms with Gasteiger partial charge in [-0.25, -0.2) is 12.7 Å². The van der Waals surface area contributed by atoms with Crippen LogP contribution in [-0.4, -0.2) is 12.7 Å². The predicted octanol–water partition coefficient (Wildman–Crippen LogP) is 6.28. The molecule has 30 heavy (non-hydrogen) atoms. The van der Waals surface area contributed by atoms with Gasteiger partial charge in [0.1, 0.15) is 0 Å². The lowest BCUT2D eigenvalue weighted by Gasteiger charge is -2.23. The highest BCUT2D eigenvalue weighted by molar-refractivity contribution is 7.89. The molecule has 156 valence electrons. The summed E-state index contributed by atoms with van der Waals surface area (Å²) < 4.78 is 42.7. The Morgan fingerprint density at radius 3 is 2.10 bits per heavy atom. The molecule has 0 bridgehead atoms. The molecule has 0 saturated carbocycles. The second kappa shape index (κ2) is 9.26. The van der Waals surface area contributed by atoms with Crippen LogP contribution in [0.3, 0.4) is 0 Å². The van der Waals surface area contributed by atoms with Crippen LogP contribution >= 0.6 is 0 Å². The number of aryl methyl sites for hydroxylation is 1. The molecule has 0 aliphatic carbocycles. The molecule has 0 saturated heterocycles. The minimum Gasteiger partial charge on any atom is -0.237 e. The fourth-order valence-corrected chi connectivity index (χ4v) is 4.38. The largest absolute Gasteiger partial charge is 0.266 e. The van der Waals surface area contributed by atoms with Crippen molar-refractivity contribution in [2.24, 2.45) is 0 Å². The Labute approximate surface area is 178 Å². The van der Waals surface area contributed by atoms with Gasteiger partial charge in [-0.3, -0.25) is 0 Å². The molecule has 0 spiro atoms. The highest BCUT2D eigenvalue weighted by Gasteiger charge is 2.27.